The van der Waals surface area contributed by atoms with Gasteiger partial charge in [-0.2, -0.15) is 0 Å². The Labute approximate surface area is 140 Å². The second-order valence-corrected chi connectivity index (χ2v) is 9.29. The Morgan fingerprint density at radius 2 is 1.17 bits per heavy atom. The lowest BCUT2D eigenvalue weighted by Crippen LogP contribution is -2.67. The normalized spacial score (nSPS) is 25.5. The lowest BCUT2D eigenvalue weighted by molar-refractivity contribution is 0.0419. The molecule has 1 aliphatic rings. The first-order valence-corrected chi connectivity index (χ1v) is 10.1. The van der Waals surface area contributed by atoms with Gasteiger partial charge < -0.3 is 13.8 Å². The summed E-state index contributed by atoms with van der Waals surface area (Å²) in [7, 11) is -0.576. The van der Waals surface area contributed by atoms with Crippen LogP contribution in [0.1, 0.15) is 13.8 Å². The van der Waals surface area contributed by atoms with Crippen molar-refractivity contribution in [1.29, 1.82) is 0 Å². The molecule has 1 heterocycles. The Kier molecular flexibility index (Phi) is 4.97. The molecule has 0 radical (unpaired) electrons. The monoisotopic (exact) mass is 327 g/mol. The molecule has 0 aliphatic carbocycles. The zero-order valence-corrected chi connectivity index (χ0v) is 15.1. The van der Waals surface area contributed by atoms with Gasteiger partial charge in [0, 0.05) is 13.1 Å². The van der Waals surface area contributed by atoms with Crippen molar-refractivity contribution in [2.45, 2.75) is 26.1 Å². The molecule has 3 rings (SSSR count). The summed E-state index contributed by atoms with van der Waals surface area (Å²) in [5, 5.41) is 2.35. The Morgan fingerprint density at radius 1 is 0.783 bits per heavy atom. The Bertz CT molecular complexity index is 564. The highest BCUT2D eigenvalue weighted by atomic mass is 28.4. The van der Waals surface area contributed by atoms with Crippen LogP contribution in [0.25, 0.3) is 0 Å². The first kappa shape index (κ1) is 16.4. The average Bonchev–Trinajstić information content (AvgIpc) is 2.54. The molecule has 0 aromatic heterocycles. The average molecular weight is 328 g/mol. The van der Waals surface area contributed by atoms with Gasteiger partial charge in [0.15, 0.2) is 0 Å². The third kappa shape index (κ3) is 3.56. The van der Waals surface area contributed by atoms with Crippen molar-refractivity contribution >= 4 is 18.9 Å². The number of likely N-dealkylation sites (N-methyl/N-ethyl adjacent to an activating group) is 1. The van der Waals surface area contributed by atoms with E-state index in [4.69, 9.17) is 8.85 Å². The van der Waals surface area contributed by atoms with Crippen LogP contribution < -0.4 is 10.4 Å². The molecule has 2 aromatic rings. The van der Waals surface area contributed by atoms with Crippen LogP contribution >= 0.6 is 0 Å². The van der Waals surface area contributed by atoms with Crippen LogP contribution in [-0.4, -0.2) is 45.8 Å². The number of hydrogen-bond acceptors (Lipinski definition) is 3. The van der Waals surface area contributed by atoms with Crippen LogP contribution in [0.2, 0.25) is 0 Å². The van der Waals surface area contributed by atoms with E-state index in [1.807, 2.05) is 12.1 Å². The predicted molar refractivity (Wildman–Crippen MR) is 96.5 cm³/mol. The Morgan fingerprint density at radius 3 is 1.57 bits per heavy atom. The van der Waals surface area contributed by atoms with E-state index < -0.39 is 8.56 Å². The zero-order valence-electron chi connectivity index (χ0n) is 14.1. The van der Waals surface area contributed by atoms with Crippen molar-refractivity contribution in [3.8, 4) is 0 Å². The van der Waals surface area contributed by atoms with Crippen molar-refractivity contribution in [2.75, 3.05) is 20.1 Å². The van der Waals surface area contributed by atoms with Crippen LogP contribution in [0.3, 0.4) is 0 Å². The third-order valence-electron chi connectivity index (χ3n) is 4.18. The summed E-state index contributed by atoms with van der Waals surface area (Å²) in [5.74, 6) is 0. The van der Waals surface area contributed by atoms with Crippen molar-refractivity contribution < 1.29 is 8.85 Å². The molecule has 0 unspecified atom stereocenters. The second kappa shape index (κ2) is 6.97. The van der Waals surface area contributed by atoms with Gasteiger partial charge in [0.05, 0.1) is 12.2 Å². The van der Waals surface area contributed by atoms with Gasteiger partial charge in [0.25, 0.3) is 0 Å². The maximum atomic E-state index is 6.67. The molecular formula is C19H25NO2Si. The predicted octanol–water partition coefficient (Wildman–Crippen LogP) is 2.00. The summed E-state index contributed by atoms with van der Waals surface area (Å²) in [4.78, 5) is 2.28. The SMILES string of the molecule is C[C@H]1CN(C)C[C@H](C)O[Si](c2ccccc2)(c2ccccc2)O1. The fourth-order valence-electron chi connectivity index (χ4n) is 3.38. The van der Waals surface area contributed by atoms with E-state index in [0.29, 0.717) is 0 Å². The number of benzene rings is 2. The highest BCUT2D eigenvalue weighted by Gasteiger charge is 2.46. The summed E-state index contributed by atoms with van der Waals surface area (Å²) in [5.41, 5.74) is 0. The number of nitrogens with zero attached hydrogens (tertiary/aromatic N) is 1. The minimum atomic E-state index is -2.70. The first-order valence-electron chi connectivity index (χ1n) is 8.25. The van der Waals surface area contributed by atoms with Crippen LogP contribution in [0.5, 0.6) is 0 Å². The summed E-state index contributed by atoms with van der Waals surface area (Å²) < 4.78 is 13.3. The molecule has 0 saturated carbocycles. The van der Waals surface area contributed by atoms with Gasteiger partial charge in [-0.15, -0.1) is 0 Å². The van der Waals surface area contributed by atoms with E-state index in [-0.39, 0.29) is 12.2 Å². The molecular weight excluding hydrogens is 302 g/mol. The molecule has 3 nitrogen and oxygen atoms in total. The molecule has 0 amide bonds. The topological polar surface area (TPSA) is 21.7 Å². The molecule has 0 bridgehead atoms. The molecule has 0 spiro atoms. The van der Waals surface area contributed by atoms with Crippen LogP contribution in [0.4, 0.5) is 0 Å². The first-order chi connectivity index (χ1) is 11.1. The minimum Gasteiger partial charge on any atom is -0.384 e. The molecule has 1 aliphatic heterocycles. The van der Waals surface area contributed by atoms with Gasteiger partial charge in [-0.3, -0.25) is 0 Å². The fourth-order valence-corrected chi connectivity index (χ4v) is 6.85. The highest BCUT2D eigenvalue weighted by Crippen LogP contribution is 2.18. The number of hydrogen-bond donors (Lipinski definition) is 0. The van der Waals surface area contributed by atoms with E-state index in [0.717, 1.165) is 13.1 Å². The smallest absolute Gasteiger partial charge is 0.384 e. The van der Waals surface area contributed by atoms with Crippen LogP contribution in [0.15, 0.2) is 60.7 Å². The van der Waals surface area contributed by atoms with E-state index in [1.165, 1.54) is 10.4 Å². The van der Waals surface area contributed by atoms with Crippen molar-refractivity contribution in [3.05, 3.63) is 60.7 Å². The molecule has 4 heteroatoms. The Balaban J connectivity index is 2.11. The summed E-state index contributed by atoms with van der Waals surface area (Å²) in [6, 6.07) is 20.9. The molecule has 23 heavy (non-hydrogen) atoms. The summed E-state index contributed by atoms with van der Waals surface area (Å²) >= 11 is 0. The molecule has 1 fully saturated rings. The van der Waals surface area contributed by atoms with Crippen molar-refractivity contribution in [3.63, 3.8) is 0 Å². The van der Waals surface area contributed by atoms with E-state index in [1.54, 1.807) is 0 Å². The summed E-state index contributed by atoms with van der Waals surface area (Å²) in [6.45, 7) is 6.12. The molecule has 2 atom stereocenters. The van der Waals surface area contributed by atoms with Gasteiger partial charge in [0.1, 0.15) is 0 Å². The minimum absolute atomic E-state index is 0.125. The van der Waals surface area contributed by atoms with Crippen molar-refractivity contribution in [2.24, 2.45) is 0 Å². The largest absolute Gasteiger partial charge is 0.407 e. The fraction of sp³-hybridized carbons (Fsp3) is 0.368. The van der Waals surface area contributed by atoms with Crippen LogP contribution in [-0.2, 0) is 8.85 Å². The van der Waals surface area contributed by atoms with Crippen molar-refractivity contribution in [1.82, 2.24) is 4.90 Å². The van der Waals surface area contributed by atoms with E-state index in [9.17, 15) is 0 Å². The quantitative estimate of drug-likeness (QED) is 0.788. The maximum Gasteiger partial charge on any atom is 0.407 e. The van der Waals surface area contributed by atoms with E-state index in [2.05, 4.69) is 74.3 Å². The van der Waals surface area contributed by atoms with Crippen LogP contribution in [0, 0.1) is 0 Å². The lowest BCUT2D eigenvalue weighted by atomic mass is 10.3. The Hall–Kier alpha value is -1.46. The standard InChI is InChI=1S/C19H25NO2Si/c1-16-14-20(3)15-17(2)22-23(21-16,18-10-6-4-7-11-18)19-12-8-5-9-13-19/h4-13,16-17H,14-15H2,1-3H3/t16-,17-/m0/s1. The lowest BCUT2D eigenvalue weighted by Gasteiger charge is -2.40. The summed E-state index contributed by atoms with van der Waals surface area (Å²) in [6.07, 6.45) is 0.249. The second-order valence-electron chi connectivity index (χ2n) is 6.43. The molecule has 0 N–H and O–H groups in total. The molecule has 2 aromatic carbocycles. The molecule has 122 valence electrons. The zero-order chi connectivity index (χ0) is 16.3. The van der Waals surface area contributed by atoms with Gasteiger partial charge >= 0.3 is 8.56 Å². The van der Waals surface area contributed by atoms with Gasteiger partial charge in [-0.05, 0) is 31.3 Å². The molecule has 1 saturated heterocycles. The third-order valence-corrected chi connectivity index (χ3v) is 7.83. The number of rotatable bonds is 2. The van der Waals surface area contributed by atoms with Gasteiger partial charge in [-0.25, -0.2) is 0 Å². The van der Waals surface area contributed by atoms with E-state index >= 15 is 0 Å². The maximum absolute atomic E-state index is 6.67. The van der Waals surface area contributed by atoms with Gasteiger partial charge in [0.2, 0.25) is 0 Å². The highest BCUT2D eigenvalue weighted by molar-refractivity contribution is 6.92. The van der Waals surface area contributed by atoms with Gasteiger partial charge in [-0.1, -0.05) is 60.7 Å².